The monoisotopic (exact) mass is 418 g/mol. The second-order valence-corrected chi connectivity index (χ2v) is 6.25. The van der Waals surface area contributed by atoms with Crippen molar-refractivity contribution in [2.75, 3.05) is 6.61 Å². The van der Waals surface area contributed by atoms with E-state index in [2.05, 4.69) is 6.58 Å². The van der Waals surface area contributed by atoms with Gasteiger partial charge in [0.15, 0.2) is 5.75 Å². The second-order valence-electron chi connectivity index (χ2n) is 4.97. The minimum absolute atomic E-state index is 0.0579. The third-order valence-corrected chi connectivity index (χ3v) is 3.47. The summed E-state index contributed by atoms with van der Waals surface area (Å²) in [4.78, 5) is 19.8. The number of nitro groups is 2. The largest absolute Gasteiger partial charge is 0.482 e. The summed E-state index contributed by atoms with van der Waals surface area (Å²) >= 11 is 16.7. The zero-order valence-electron chi connectivity index (χ0n) is 13.4. The van der Waals surface area contributed by atoms with Gasteiger partial charge in [-0.3, -0.25) is 20.2 Å². The van der Waals surface area contributed by atoms with E-state index in [0.717, 1.165) is 5.57 Å². The SMILES string of the molecule is C=C(C)COc1cc(Cl)ccc1[N+](=O)[O-].O=[N+]([O-])c1ccc(Cl)cc1Cl. The lowest BCUT2D eigenvalue weighted by Crippen LogP contribution is -2.00. The summed E-state index contributed by atoms with van der Waals surface area (Å²) in [5.74, 6) is 0.163. The van der Waals surface area contributed by atoms with Crippen LogP contribution in [0.4, 0.5) is 11.4 Å². The van der Waals surface area contributed by atoms with Crippen LogP contribution in [0.2, 0.25) is 15.1 Å². The lowest BCUT2D eigenvalue weighted by atomic mass is 10.3. The van der Waals surface area contributed by atoms with Crippen LogP contribution in [0.3, 0.4) is 0 Å². The Morgan fingerprint density at radius 1 is 1.00 bits per heavy atom. The van der Waals surface area contributed by atoms with Crippen molar-refractivity contribution < 1.29 is 14.6 Å². The molecule has 2 aromatic carbocycles. The van der Waals surface area contributed by atoms with Crippen LogP contribution in [0.25, 0.3) is 0 Å². The van der Waals surface area contributed by atoms with Crippen LogP contribution in [-0.4, -0.2) is 16.5 Å². The average molecular weight is 420 g/mol. The topological polar surface area (TPSA) is 95.5 Å². The van der Waals surface area contributed by atoms with E-state index in [1.165, 1.54) is 36.4 Å². The smallest absolute Gasteiger partial charge is 0.311 e. The zero-order chi connectivity index (χ0) is 19.9. The van der Waals surface area contributed by atoms with Gasteiger partial charge in [0.2, 0.25) is 0 Å². The molecule has 0 aliphatic heterocycles. The Balaban J connectivity index is 0.000000273. The minimum Gasteiger partial charge on any atom is -0.482 e. The van der Waals surface area contributed by atoms with Gasteiger partial charge in [0.25, 0.3) is 5.69 Å². The maximum atomic E-state index is 10.6. The van der Waals surface area contributed by atoms with Crippen molar-refractivity contribution in [1.82, 2.24) is 0 Å². The van der Waals surface area contributed by atoms with E-state index in [1.807, 2.05) is 0 Å². The molecular weight excluding hydrogens is 407 g/mol. The Labute approximate surface area is 164 Å². The van der Waals surface area contributed by atoms with Gasteiger partial charge >= 0.3 is 5.69 Å². The van der Waals surface area contributed by atoms with E-state index < -0.39 is 9.85 Å². The molecule has 7 nitrogen and oxygen atoms in total. The van der Waals surface area contributed by atoms with Crippen molar-refractivity contribution in [3.8, 4) is 5.75 Å². The molecule has 0 radical (unpaired) electrons. The van der Waals surface area contributed by atoms with Gasteiger partial charge in [-0.15, -0.1) is 0 Å². The van der Waals surface area contributed by atoms with Crippen LogP contribution in [0.15, 0.2) is 48.6 Å². The number of nitro benzene ring substituents is 2. The molecule has 0 aliphatic carbocycles. The number of benzene rings is 2. The molecule has 0 saturated carbocycles. The predicted octanol–water partition coefficient (Wildman–Crippen LogP) is 6.10. The summed E-state index contributed by atoms with van der Waals surface area (Å²) in [5.41, 5.74) is 0.556. The molecule has 0 N–H and O–H groups in total. The fourth-order valence-corrected chi connectivity index (χ4v) is 2.22. The molecule has 0 aliphatic rings. The average Bonchev–Trinajstić information content (AvgIpc) is 2.52. The molecule has 26 heavy (non-hydrogen) atoms. The van der Waals surface area contributed by atoms with Crippen LogP contribution in [0, 0.1) is 20.2 Å². The van der Waals surface area contributed by atoms with Crippen LogP contribution >= 0.6 is 34.8 Å². The summed E-state index contributed by atoms with van der Waals surface area (Å²) in [7, 11) is 0. The van der Waals surface area contributed by atoms with Crippen molar-refractivity contribution in [1.29, 1.82) is 0 Å². The molecule has 2 aromatic rings. The van der Waals surface area contributed by atoms with Crippen molar-refractivity contribution in [3.05, 3.63) is 83.8 Å². The van der Waals surface area contributed by atoms with Crippen molar-refractivity contribution >= 4 is 46.2 Å². The van der Waals surface area contributed by atoms with E-state index in [-0.39, 0.29) is 28.8 Å². The summed E-state index contributed by atoms with van der Waals surface area (Å²) in [6, 6.07) is 8.21. The fourth-order valence-electron chi connectivity index (χ4n) is 1.58. The number of rotatable bonds is 5. The summed E-state index contributed by atoms with van der Waals surface area (Å²) in [6.07, 6.45) is 0. The molecule has 2 rings (SSSR count). The third kappa shape index (κ3) is 6.87. The van der Waals surface area contributed by atoms with Gasteiger partial charge in [0.05, 0.1) is 9.85 Å². The number of ether oxygens (including phenoxy) is 1. The third-order valence-electron chi connectivity index (χ3n) is 2.70. The minimum atomic E-state index is -0.557. The van der Waals surface area contributed by atoms with Crippen LogP contribution in [0.5, 0.6) is 5.75 Å². The Morgan fingerprint density at radius 2 is 1.50 bits per heavy atom. The first-order chi connectivity index (χ1) is 12.1. The van der Waals surface area contributed by atoms with Crippen LogP contribution in [0.1, 0.15) is 6.92 Å². The van der Waals surface area contributed by atoms with Crippen molar-refractivity contribution in [2.45, 2.75) is 6.92 Å². The first-order valence-electron chi connectivity index (χ1n) is 6.92. The molecule has 0 fully saturated rings. The van der Waals surface area contributed by atoms with E-state index in [4.69, 9.17) is 39.5 Å². The molecule has 0 saturated heterocycles. The number of hydrogen-bond acceptors (Lipinski definition) is 5. The number of halogens is 3. The standard InChI is InChI=1S/C10H10ClNO3.C6H3Cl2NO2/c1-7(2)6-15-10-5-8(11)3-4-9(10)12(13)14;7-4-1-2-6(9(10)11)5(8)3-4/h3-5H,1,6H2,2H3;1-3H. The Kier molecular flexibility index (Phi) is 8.31. The van der Waals surface area contributed by atoms with E-state index in [1.54, 1.807) is 6.92 Å². The fraction of sp³-hybridized carbons (Fsp3) is 0.125. The van der Waals surface area contributed by atoms with E-state index >= 15 is 0 Å². The normalized spacial score (nSPS) is 9.69. The highest BCUT2D eigenvalue weighted by molar-refractivity contribution is 6.35. The van der Waals surface area contributed by atoms with E-state index in [9.17, 15) is 20.2 Å². The molecule has 0 spiro atoms. The van der Waals surface area contributed by atoms with Crippen molar-refractivity contribution in [3.63, 3.8) is 0 Å². The highest BCUT2D eigenvalue weighted by Crippen LogP contribution is 2.30. The first-order valence-corrected chi connectivity index (χ1v) is 8.05. The molecule has 0 aromatic heterocycles. The molecule has 138 valence electrons. The van der Waals surface area contributed by atoms with Gasteiger partial charge in [-0.05, 0) is 30.7 Å². The molecule has 10 heteroatoms. The molecule has 0 atom stereocenters. The van der Waals surface area contributed by atoms with Gasteiger partial charge in [0, 0.05) is 28.2 Å². The van der Waals surface area contributed by atoms with E-state index in [0.29, 0.717) is 10.0 Å². The quantitative estimate of drug-likeness (QED) is 0.331. The lowest BCUT2D eigenvalue weighted by Gasteiger charge is -2.06. The summed E-state index contributed by atoms with van der Waals surface area (Å²) in [6.45, 7) is 5.65. The highest BCUT2D eigenvalue weighted by atomic mass is 35.5. The molecule has 0 amide bonds. The van der Waals surface area contributed by atoms with Gasteiger partial charge in [-0.25, -0.2) is 0 Å². The summed E-state index contributed by atoms with van der Waals surface area (Å²) < 4.78 is 5.22. The number of hydrogen-bond donors (Lipinski definition) is 0. The first kappa shape index (κ1) is 21.7. The van der Waals surface area contributed by atoms with Gasteiger partial charge < -0.3 is 4.74 Å². The molecular formula is C16H13Cl3N2O5. The molecule has 0 unspecified atom stereocenters. The lowest BCUT2D eigenvalue weighted by molar-refractivity contribution is -0.385. The van der Waals surface area contributed by atoms with Gasteiger partial charge in [-0.2, -0.15) is 0 Å². The van der Waals surface area contributed by atoms with Gasteiger partial charge in [0.1, 0.15) is 11.6 Å². The summed E-state index contributed by atoms with van der Waals surface area (Å²) in [5, 5.41) is 21.7. The van der Waals surface area contributed by atoms with Crippen molar-refractivity contribution in [2.24, 2.45) is 0 Å². The Morgan fingerprint density at radius 3 is 1.96 bits per heavy atom. The zero-order valence-corrected chi connectivity index (χ0v) is 15.7. The van der Waals surface area contributed by atoms with Crippen LogP contribution in [-0.2, 0) is 0 Å². The van der Waals surface area contributed by atoms with Crippen LogP contribution < -0.4 is 4.74 Å². The second kappa shape index (κ2) is 9.96. The predicted molar refractivity (Wildman–Crippen MR) is 102 cm³/mol. The molecule has 0 heterocycles. The Bertz CT molecular complexity index is 843. The highest BCUT2D eigenvalue weighted by Gasteiger charge is 2.15. The number of nitrogens with zero attached hydrogens (tertiary/aromatic N) is 2. The maximum absolute atomic E-state index is 10.6. The Hall–Kier alpha value is -2.35. The maximum Gasteiger partial charge on any atom is 0.311 e. The molecule has 0 bridgehead atoms. The van der Waals surface area contributed by atoms with Gasteiger partial charge in [-0.1, -0.05) is 41.4 Å².